The van der Waals surface area contributed by atoms with Gasteiger partial charge in [0.1, 0.15) is 6.04 Å². The summed E-state index contributed by atoms with van der Waals surface area (Å²) in [4.78, 5) is 26.9. The lowest BCUT2D eigenvalue weighted by Crippen LogP contribution is -2.48. The van der Waals surface area contributed by atoms with E-state index in [-0.39, 0.29) is 30.3 Å². The summed E-state index contributed by atoms with van der Waals surface area (Å²) in [5.74, 6) is 0.606. The van der Waals surface area contributed by atoms with Crippen LogP contribution in [0.4, 0.5) is 0 Å². The van der Waals surface area contributed by atoms with Crippen molar-refractivity contribution >= 4 is 36.0 Å². The van der Waals surface area contributed by atoms with Crippen molar-refractivity contribution in [3.63, 3.8) is 0 Å². The predicted octanol–water partition coefficient (Wildman–Crippen LogP) is 1.83. The smallest absolute Gasteiger partial charge is 0.251 e. The highest BCUT2D eigenvalue weighted by molar-refractivity contribution is 7.98. The summed E-state index contributed by atoms with van der Waals surface area (Å²) in [5, 5.41) is 2.90. The Morgan fingerprint density at radius 3 is 2.79 bits per heavy atom. The highest BCUT2D eigenvalue weighted by Gasteiger charge is 2.30. The van der Waals surface area contributed by atoms with Crippen LogP contribution < -0.4 is 11.1 Å². The van der Waals surface area contributed by atoms with Gasteiger partial charge in [-0.1, -0.05) is 17.7 Å². The lowest BCUT2D eigenvalue weighted by Gasteiger charge is -2.24. The molecule has 0 saturated carbocycles. The largest absolute Gasteiger partial charge is 0.340 e. The quantitative estimate of drug-likeness (QED) is 0.799. The molecule has 3 N–H and O–H groups in total. The van der Waals surface area contributed by atoms with E-state index >= 15 is 0 Å². The third-order valence-electron chi connectivity index (χ3n) is 4.03. The molecule has 134 valence electrons. The molecule has 1 aromatic rings. The monoisotopic (exact) mass is 371 g/mol. The van der Waals surface area contributed by atoms with Crippen molar-refractivity contribution in [2.75, 3.05) is 25.1 Å². The normalized spacial score (nSPS) is 18.0. The van der Waals surface area contributed by atoms with E-state index in [1.165, 1.54) is 0 Å². The fourth-order valence-corrected chi connectivity index (χ4v) is 3.20. The fraction of sp³-hybridized carbons (Fsp3) is 0.529. The zero-order chi connectivity index (χ0) is 16.8. The molecule has 0 aromatic heterocycles. The van der Waals surface area contributed by atoms with E-state index in [2.05, 4.69) is 5.32 Å². The molecule has 0 spiro atoms. The predicted molar refractivity (Wildman–Crippen MR) is 102 cm³/mol. The fourth-order valence-electron chi connectivity index (χ4n) is 2.73. The molecular weight excluding hydrogens is 346 g/mol. The number of nitrogens with zero attached hydrogens (tertiary/aromatic N) is 1. The zero-order valence-electron chi connectivity index (χ0n) is 14.2. The Morgan fingerprint density at radius 1 is 1.46 bits per heavy atom. The van der Waals surface area contributed by atoms with Gasteiger partial charge in [-0.05, 0) is 43.9 Å². The average Bonchev–Trinajstić information content (AvgIpc) is 2.97. The molecule has 24 heavy (non-hydrogen) atoms. The molecule has 1 fully saturated rings. The van der Waals surface area contributed by atoms with Crippen LogP contribution in [0.5, 0.6) is 0 Å². The Kier molecular flexibility index (Phi) is 8.59. The van der Waals surface area contributed by atoms with Gasteiger partial charge in [-0.3, -0.25) is 9.59 Å². The highest BCUT2D eigenvalue weighted by atomic mass is 35.5. The molecule has 5 nitrogen and oxygen atoms in total. The molecule has 7 heteroatoms. The van der Waals surface area contributed by atoms with Gasteiger partial charge in [0.2, 0.25) is 5.91 Å². The number of aryl methyl sites for hydroxylation is 1. The molecule has 1 aromatic carbocycles. The molecule has 2 rings (SSSR count). The summed E-state index contributed by atoms with van der Waals surface area (Å²) in [6.07, 6.45) is 3.45. The Bertz CT molecular complexity index is 571. The standard InChI is InChI=1S/C17H25N3O2S.ClH/c1-12-4-3-5-13(10-12)16(21)19-15(7-9-23-2)17(22)20-8-6-14(18)11-20;/h3-5,10,14-15H,6-9,11,18H2,1-2H3,(H,19,21);1H/t14-,15?;/m1./s1. The van der Waals surface area contributed by atoms with Crippen LogP contribution in [0.3, 0.4) is 0 Å². The van der Waals surface area contributed by atoms with Crippen molar-refractivity contribution < 1.29 is 9.59 Å². The first kappa shape index (κ1) is 20.8. The Hall–Kier alpha value is -1.24. The number of halogens is 1. The molecule has 1 heterocycles. The number of carbonyl (C=O) groups excluding carboxylic acids is 2. The van der Waals surface area contributed by atoms with Crippen LogP contribution >= 0.6 is 24.2 Å². The van der Waals surface area contributed by atoms with Crippen LogP contribution in [0.25, 0.3) is 0 Å². The number of benzene rings is 1. The highest BCUT2D eigenvalue weighted by Crippen LogP contribution is 2.13. The van der Waals surface area contributed by atoms with Gasteiger partial charge in [-0.15, -0.1) is 12.4 Å². The SMILES string of the molecule is CSCCC(NC(=O)c1cccc(C)c1)C(=O)N1CC[C@@H](N)C1.Cl. The van der Waals surface area contributed by atoms with Crippen LogP contribution in [-0.4, -0.2) is 53.9 Å². The van der Waals surface area contributed by atoms with E-state index in [9.17, 15) is 9.59 Å². The van der Waals surface area contributed by atoms with Crippen molar-refractivity contribution in [3.8, 4) is 0 Å². The zero-order valence-corrected chi connectivity index (χ0v) is 15.8. The summed E-state index contributed by atoms with van der Waals surface area (Å²) in [6, 6.07) is 6.95. The minimum Gasteiger partial charge on any atom is -0.340 e. The molecular formula is C17H26ClN3O2S. The Morgan fingerprint density at radius 2 is 2.21 bits per heavy atom. The van der Waals surface area contributed by atoms with E-state index in [4.69, 9.17) is 5.73 Å². The van der Waals surface area contributed by atoms with Crippen LogP contribution in [0, 0.1) is 6.92 Å². The lowest BCUT2D eigenvalue weighted by atomic mass is 10.1. The van der Waals surface area contributed by atoms with Crippen molar-refractivity contribution in [2.24, 2.45) is 5.73 Å². The summed E-state index contributed by atoms with van der Waals surface area (Å²) in [5.41, 5.74) is 7.50. The Balaban J connectivity index is 0.00000288. The second kappa shape index (κ2) is 9.91. The van der Waals surface area contributed by atoms with E-state index in [1.54, 1.807) is 22.7 Å². The van der Waals surface area contributed by atoms with Gasteiger partial charge in [0.05, 0.1) is 0 Å². The van der Waals surface area contributed by atoms with E-state index < -0.39 is 6.04 Å². The van der Waals surface area contributed by atoms with Crippen molar-refractivity contribution in [2.45, 2.75) is 31.8 Å². The molecule has 0 aliphatic carbocycles. The van der Waals surface area contributed by atoms with Crippen LogP contribution in [-0.2, 0) is 4.79 Å². The number of hydrogen-bond donors (Lipinski definition) is 2. The van der Waals surface area contributed by atoms with Gasteiger partial charge in [0.25, 0.3) is 5.91 Å². The second-order valence-corrected chi connectivity index (χ2v) is 7.00. The first-order valence-corrected chi connectivity index (χ1v) is 9.31. The summed E-state index contributed by atoms with van der Waals surface area (Å²) in [6.45, 7) is 3.20. The number of likely N-dealkylation sites (tertiary alicyclic amines) is 1. The molecule has 1 aliphatic heterocycles. The molecule has 0 bridgehead atoms. The maximum Gasteiger partial charge on any atom is 0.251 e. The molecule has 1 unspecified atom stereocenters. The molecule has 2 amide bonds. The van der Waals surface area contributed by atoms with Gasteiger partial charge < -0.3 is 16.0 Å². The molecule has 1 aliphatic rings. The van der Waals surface area contributed by atoms with Crippen LogP contribution in [0.2, 0.25) is 0 Å². The summed E-state index contributed by atoms with van der Waals surface area (Å²) < 4.78 is 0. The third-order valence-corrected chi connectivity index (χ3v) is 4.67. The second-order valence-electron chi connectivity index (χ2n) is 6.01. The van der Waals surface area contributed by atoms with E-state index in [0.717, 1.165) is 17.7 Å². The van der Waals surface area contributed by atoms with Gasteiger partial charge in [-0.25, -0.2) is 0 Å². The van der Waals surface area contributed by atoms with Crippen molar-refractivity contribution in [1.82, 2.24) is 10.2 Å². The van der Waals surface area contributed by atoms with Crippen LogP contribution in [0.1, 0.15) is 28.8 Å². The average molecular weight is 372 g/mol. The minimum atomic E-state index is -0.485. The summed E-state index contributed by atoms with van der Waals surface area (Å²) in [7, 11) is 0. The molecule has 1 saturated heterocycles. The van der Waals surface area contributed by atoms with E-state index in [1.807, 2.05) is 31.4 Å². The number of thioether (sulfide) groups is 1. The van der Waals surface area contributed by atoms with E-state index in [0.29, 0.717) is 25.1 Å². The third kappa shape index (κ3) is 5.69. The van der Waals surface area contributed by atoms with Crippen LogP contribution in [0.15, 0.2) is 24.3 Å². The first-order valence-electron chi connectivity index (χ1n) is 7.92. The van der Waals surface area contributed by atoms with Gasteiger partial charge in [0, 0.05) is 24.7 Å². The lowest BCUT2D eigenvalue weighted by molar-refractivity contribution is -0.132. The van der Waals surface area contributed by atoms with Gasteiger partial charge in [-0.2, -0.15) is 11.8 Å². The molecule has 2 atom stereocenters. The number of carbonyl (C=O) groups is 2. The number of hydrogen-bond acceptors (Lipinski definition) is 4. The number of nitrogens with two attached hydrogens (primary N) is 1. The number of amides is 2. The number of rotatable bonds is 6. The topological polar surface area (TPSA) is 75.4 Å². The maximum atomic E-state index is 12.7. The van der Waals surface area contributed by atoms with Gasteiger partial charge in [0.15, 0.2) is 0 Å². The van der Waals surface area contributed by atoms with Gasteiger partial charge >= 0.3 is 0 Å². The maximum absolute atomic E-state index is 12.7. The molecule has 0 radical (unpaired) electrons. The van der Waals surface area contributed by atoms with Crippen molar-refractivity contribution in [3.05, 3.63) is 35.4 Å². The first-order chi connectivity index (χ1) is 11.0. The van der Waals surface area contributed by atoms with Crippen molar-refractivity contribution in [1.29, 1.82) is 0 Å². The Labute approximate surface area is 154 Å². The summed E-state index contributed by atoms with van der Waals surface area (Å²) >= 11 is 1.67. The minimum absolute atomic E-state index is 0. The number of nitrogens with one attached hydrogen (secondary N) is 1.